The lowest BCUT2D eigenvalue weighted by molar-refractivity contribution is 0.422. The van der Waals surface area contributed by atoms with Crippen molar-refractivity contribution in [1.82, 2.24) is 10.3 Å². The number of aromatic nitrogens is 1. The van der Waals surface area contributed by atoms with Crippen LogP contribution in [-0.2, 0) is 6.54 Å². The fourth-order valence-corrected chi connectivity index (χ4v) is 2.63. The monoisotopic (exact) mass is 283 g/mol. The molecule has 0 bridgehead atoms. The lowest BCUT2D eigenvalue weighted by Gasteiger charge is -2.23. The molecule has 1 heterocycles. The van der Waals surface area contributed by atoms with E-state index in [0.717, 1.165) is 36.4 Å². The predicted molar refractivity (Wildman–Crippen MR) is 86.0 cm³/mol. The van der Waals surface area contributed by atoms with E-state index in [4.69, 9.17) is 4.98 Å². The smallest absolute Gasteiger partial charge is 0.185 e. The van der Waals surface area contributed by atoms with Crippen LogP contribution in [0.4, 0.5) is 5.13 Å². The van der Waals surface area contributed by atoms with Gasteiger partial charge in [-0.3, -0.25) is 0 Å². The van der Waals surface area contributed by atoms with Crippen molar-refractivity contribution in [3.8, 4) is 0 Å². The zero-order chi connectivity index (χ0) is 14.5. The molecule has 0 saturated heterocycles. The highest BCUT2D eigenvalue weighted by atomic mass is 32.1. The Balaban J connectivity index is 2.61. The maximum absolute atomic E-state index is 4.75. The molecule has 0 amide bonds. The molecule has 1 N–H and O–H groups in total. The van der Waals surface area contributed by atoms with Crippen LogP contribution in [0.15, 0.2) is 5.38 Å². The summed E-state index contributed by atoms with van der Waals surface area (Å²) in [6.45, 7) is 16.3. The van der Waals surface area contributed by atoms with E-state index in [1.807, 2.05) is 0 Å². The van der Waals surface area contributed by atoms with Gasteiger partial charge in [0.2, 0.25) is 0 Å². The molecule has 0 aliphatic rings. The zero-order valence-electron chi connectivity index (χ0n) is 13.3. The Hall–Kier alpha value is -0.610. The van der Waals surface area contributed by atoms with Gasteiger partial charge in [0.15, 0.2) is 5.13 Å². The van der Waals surface area contributed by atoms with E-state index in [2.05, 4.69) is 57.1 Å². The highest BCUT2D eigenvalue weighted by Gasteiger charge is 2.14. The molecule has 0 spiro atoms. The lowest BCUT2D eigenvalue weighted by atomic mass is 10.1. The number of hydrogen-bond acceptors (Lipinski definition) is 4. The van der Waals surface area contributed by atoms with Crippen molar-refractivity contribution in [3.63, 3.8) is 0 Å². The number of nitrogens with zero attached hydrogens (tertiary/aromatic N) is 2. The van der Waals surface area contributed by atoms with Crippen molar-refractivity contribution in [2.45, 2.75) is 60.0 Å². The Morgan fingerprint density at radius 3 is 2.58 bits per heavy atom. The van der Waals surface area contributed by atoms with Gasteiger partial charge in [0, 0.05) is 30.6 Å². The Labute approximate surface area is 122 Å². The van der Waals surface area contributed by atoms with Gasteiger partial charge in [0.1, 0.15) is 0 Å². The van der Waals surface area contributed by atoms with Crippen molar-refractivity contribution in [1.29, 1.82) is 0 Å². The molecule has 1 rings (SSSR count). The molecule has 0 aliphatic heterocycles. The van der Waals surface area contributed by atoms with E-state index in [9.17, 15) is 0 Å². The molecular formula is C15H29N3S. The van der Waals surface area contributed by atoms with E-state index >= 15 is 0 Å². The van der Waals surface area contributed by atoms with Gasteiger partial charge < -0.3 is 10.2 Å². The minimum absolute atomic E-state index is 0.144. The van der Waals surface area contributed by atoms with Gasteiger partial charge in [-0.2, -0.15) is 0 Å². The largest absolute Gasteiger partial charge is 0.348 e. The van der Waals surface area contributed by atoms with Gasteiger partial charge in [-0.1, -0.05) is 20.3 Å². The lowest BCUT2D eigenvalue weighted by Crippen LogP contribution is -2.35. The SMILES string of the molecule is CCC(C)CN(CC)c1nc(CNC(C)(C)C)cs1. The first-order valence-corrected chi connectivity index (χ1v) is 8.18. The second-order valence-corrected chi connectivity index (χ2v) is 7.11. The van der Waals surface area contributed by atoms with Crippen molar-refractivity contribution in [2.24, 2.45) is 5.92 Å². The van der Waals surface area contributed by atoms with E-state index in [1.54, 1.807) is 11.3 Å². The molecule has 0 saturated carbocycles. The number of thiazole rings is 1. The summed E-state index contributed by atoms with van der Waals surface area (Å²) in [6.07, 6.45) is 1.22. The minimum atomic E-state index is 0.144. The molecule has 0 fully saturated rings. The molecule has 1 aromatic rings. The van der Waals surface area contributed by atoms with Crippen molar-refractivity contribution >= 4 is 16.5 Å². The van der Waals surface area contributed by atoms with Crippen molar-refractivity contribution < 1.29 is 0 Å². The summed E-state index contributed by atoms with van der Waals surface area (Å²) >= 11 is 1.76. The standard InChI is InChI=1S/C15H29N3S/c1-7-12(3)10-18(8-2)14-17-13(11-19-14)9-16-15(4,5)6/h11-12,16H,7-10H2,1-6H3. The van der Waals surface area contributed by atoms with E-state index in [0.29, 0.717) is 0 Å². The van der Waals surface area contributed by atoms with Crippen LogP contribution < -0.4 is 10.2 Å². The molecule has 0 aliphatic carbocycles. The zero-order valence-corrected chi connectivity index (χ0v) is 14.1. The first kappa shape index (κ1) is 16.4. The summed E-state index contributed by atoms with van der Waals surface area (Å²) < 4.78 is 0. The average molecular weight is 283 g/mol. The first-order valence-electron chi connectivity index (χ1n) is 7.30. The van der Waals surface area contributed by atoms with Gasteiger partial charge in [-0.15, -0.1) is 11.3 Å². The second kappa shape index (κ2) is 7.25. The summed E-state index contributed by atoms with van der Waals surface area (Å²) in [7, 11) is 0. The number of nitrogens with one attached hydrogen (secondary N) is 1. The Morgan fingerprint density at radius 2 is 2.05 bits per heavy atom. The molecule has 19 heavy (non-hydrogen) atoms. The topological polar surface area (TPSA) is 28.2 Å². The Kier molecular flexibility index (Phi) is 6.27. The second-order valence-electron chi connectivity index (χ2n) is 6.28. The van der Waals surface area contributed by atoms with Crippen molar-refractivity contribution in [2.75, 3.05) is 18.0 Å². The number of hydrogen-bond donors (Lipinski definition) is 1. The summed E-state index contributed by atoms with van der Waals surface area (Å²) in [6, 6.07) is 0. The predicted octanol–water partition coefficient (Wildman–Crippen LogP) is 3.90. The Bertz CT molecular complexity index is 368. The van der Waals surface area contributed by atoms with Crippen molar-refractivity contribution in [3.05, 3.63) is 11.1 Å². The summed E-state index contributed by atoms with van der Waals surface area (Å²) in [5.74, 6) is 0.722. The first-order chi connectivity index (χ1) is 8.85. The van der Waals surface area contributed by atoms with Crippen LogP contribution >= 0.6 is 11.3 Å². The minimum Gasteiger partial charge on any atom is -0.348 e. The molecule has 4 heteroatoms. The highest BCUT2D eigenvalue weighted by Crippen LogP contribution is 2.22. The molecule has 0 radical (unpaired) electrons. The number of rotatable bonds is 7. The molecule has 1 aromatic heterocycles. The molecule has 110 valence electrons. The van der Waals surface area contributed by atoms with Crippen LogP contribution in [0.2, 0.25) is 0 Å². The molecule has 1 atom stereocenters. The molecule has 0 aromatic carbocycles. The number of anilines is 1. The normalized spacial score (nSPS) is 13.6. The van der Waals surface area contributed by atoms with Gasteiger partial charge in [-0.05, 0) is 33.6 Å². The summed E-state index contributed by atoms with van der Waals surface area (Å²) in [4.78, 5) is 7.14. The summed E-state index contributed by atoms with van der Waals surface area (Å²) in [5, 5.41) is 6.82. The fraction of sp³-hybridized carbons (Fsp3) is 0.800. The maximum atomic E-state index is 4.75. The highest BCUT2D eigenvalue weighted by molar-refractivity contribution is 7.13. The van der Waals surface area contributed by atoms with Crippen LogP contribution in [0, 0.1) is 5.92 Å². The fourth-order valence-electron chi connectivity index (χ4n) is 1.73. The molecular weight excluding hydrogens is 254 g/mol. The van der Waals surface area contributed by atoms with Crippen LogP contribution in [0.25, 0.3) is 0 Å². The van der Waals surface area contributed by atoms with Gasteiger partial charge >= 0.3 is 0 Å². The van der Waals surface area contributed by atoms with Gasteiger partial charge in [0.25, 0.3) is 0 Å². The van der Waals surface area contributed by atoms with E-state index in [-0.39, 0.29) is 5.54 Å². The third-order valence-electron chi connectivity index (χ3n) is 3.22. The van der Waals surface area contributed by atoms with Gasteiger partial charge in [-0.25, -0.2) is 4.98 Å². The van der Waals surface area contributed by atoms with Crippen LogP contribution in [0.1, 0.15) is 53.7 Å². The third kappa shape index (κ3) is 5.91. The Morgan fingerprint density at radius 1 is 1.37 bits per heavy atom. The average Bonchev–Trinajstić information content (AvgIpc) is 2.81. The third-order valence-corrected chi connectivity index (χ3v) is 4.17. The van der Waals surface area contributed by atoms with E-state index < -0.39 is 0 Å². The van der Waals surface area contributed by atoms with Gasteiger partial charge in [0.05, 0.1) is 5.69 Å². The van der Waals surface area contributed by atoms with Crippen LogP contribution in [0.5, 0.6) is 0 Å². The molecule has 3 nitrogen and oxygen atoms in total. The quantitative estimate of drug-likeness (QED) is 0.822. The van der Waals surface area contributed by atoms with Crippen LogP contribution in [-0.4, -0.2) is 23.6 Å². The van der Waals surface area contributed by atoms with Crippen LogP contribution in [0.3, 0.4) is 0 Å². The molecule has 1 unspecified atom stereocenters. The van der Waals surface area contributed by atoms with E-state index in [1.165, 1.54) is 6.42 Å². The maximum Gasteiger partial charge on any atom is 0.185 e. The summed E-state index contributed by atoms with van der Waals surface area (Å²) in [5.41, 5.74) is 1.29.